The molecule has 2 heterocycles. The van der Waals surface area contributed by atoms with Crippen molar-refractivity contribution in [1.82, 2.24) is 0 Å². The number of fused-ring (bicyclic) bond motifs is 2. The summed E-state index contributed by atoms with van der Waals surface area (Å²) in [5.41, 5.74) is -4.06. The lowest BCUT2D eigenvalue weighted by Gasteiger charge is -2.44. The average Bonchev–Trinajstić information content (AvgIpc) is 3.33. The van der Waals surface area contributed by atoms with Gasteiger partial charge in [-0.3, -0.25) is 9.10 Å². The molecule has 0 spiro atoms. The van der Waals surface area contributed by atoms with Crippen LogP contribution in [0.1, 0.15) is 48.3 Å². The highest BCUT2D eigenvalue weighted by Gasteiger charge is 2.64. The van der Waals surface area contributed by atoms with Gasteiger partial charge in [-0.1, -0.05) is 35.9 Å². The highest BCUT2D eigenvalue weighted by atomic mass is 32.2. The molecule has 0 saturated carbocycles. The Kier molecular flexibility index (Phi) is 5.98. The van der Waals surface area contributed by atoms with Crippen LogP contribution in [-0.4, -0.2) is 38.2 Å². The van der Waals surface area contributed by atoms with Crippen molar-refractivity contribution in [3.8, 4) is 11.5 Å². The Morgan fingerprint density at radius 2 is 1.68 bits per heavy atom. The minimum absolute atomic E-state index is 0.0150. The molecule has 5 rings (SSSR count). The molecule has 0 N–H and O–H groups in total. The summed E-state index contributed by atoms with van der Waals surface area (Å²) in [5, 5.41) is 0. The van der Waals surface area contributed by atoms with E-state index in [1.807, 2.05) is 0 Å². The molecule has 0 unspecified atom stereocenters. The maximum atomic E-state index is 17.4. The quantitative estimate of drug-likeness (QED) is 0.343. The molecule has 198 valence electrons. The van der Waals surface area contributed by atoms with E-state index in [2.05, 4.69) is 0 Å². The fraction of sp³-hybridized carbons (Fsp3) is 0.286. The van der Waals surface area contributed by atoms with Crippen LogP contribution >= 0.6 is 0 Å². The highest BCUT2D eigenvalue weighted by molar-refractivity contribution is 7.92. The van der Waals surface area contributed by atoms with Crippen molar-refractivity contribution >= 4 is 27.5 Å². The summed E-state index contributed by atoms with van der Waals surface area (Å²) in [6.07, 6.45) is 0. The summed E-state index contributed by atoms with van der Waals surface area (Å²) in [4.78, 5) is 27.2. The molecule has 0 aliphatic carbocycles. The number of hydrogen-bond donors (Lipinski definition) is 0. The van der Waals surface area contributed by atoms with Crippen molar-refractivity contribution in [2.75, 3.05) is 11.1 Å². The van der Waals surface area contributed by atoms with Gasteiger partial charge in [0.25, 0.3) is 15.7 Å². The third-order valence-corrected chi connectivity index (χ3v) is 8.11. The molecule has 0 radical (unpaired) electrons. The summed E-state index contributed by atoms with van der Waals surface area (Å²) in [6, 6.07) is 14.1. The first kappa shape index (κ1) is 25.7. The zero-order valence-corrected chi connectivity index (χ0v) is 22.0. The lowest BCUT2D eigenvalue weighted by Crippen LogP contribution is -2.60. The number of ether oxygens (including phenoxy) is 3. The predicted octanol–water partition coefficient (Wildman–Crippen LogP) is 4.91. The van der Waals surface area contributed by atoms with E-state index in [0.717, 1.165) is 9.87 Å². The molecule has 0 bridgehead atoms. The van der Waals surface area contributed by atoms with Gasteiger partial charge in [0, 0.05) is 5.56 Å². The van der Waals surface area contributed by atoms with Gasteiger partial charge in [-0.2, -0.15) is 0 Å². The van der Waals surface area contributed by atoms with Gasteiger partial charge in [0.05, 0.1) is 10.6 Å². The number of sulfonamides is 1. The Morgan fingerprint density at radius 3 is 2.37 bits per heavy atom. The number of benzene rings is 3. The number of halogens is 1. The first-order valence-corrected chi connectivity index (χ1v) is 13.3. The van der Waals surface area contributed by atoms with E-state index in [-0.39, 0.29) is 34.3 Å². The normalized spacial score (nSPS) is 20.7. The number of aryl methyl sites for hydroxylation is 1. The monoisotopic (exact) mass is 539 g/mol. The number of anilines is 1. The maximum Gasteiger partial charge on any atom is 0.355 e. The largest absolute Gasteiger partial charge is 0.457 e. The van der Waals surface area contributed by atoms with Gasteiger partial charge < -0.3 is 14.2 Å². The van der Waals surface area contributed by atoms with Crippen molar-refractivity contribution in [2.24, 2.45) is 0 Å². The molecule has 2 aliphatic rings. The lowest BCUT2D eigenvalue weighted by atomic mass is 9.79. The van der Waals surface area contributed by atoms with Crippen LogP contribution in [0.4, 0.5) is 10.1 Å². The van der Waals surface area contributed by atoms with Crippen molar-refractivity contribution in [3.63, 3.8) is 0 Å². The van der Waals surface area contributed by atoms with Crippen LogP contribution in [0, 0.1) is 6.92 Å². The van der Waals surface area contributed by atoms with E-state index in [0.29, 0.717) is 5.75 Å². The first-order valence-electron chi connectivity index (χ1n) is 11.9. The minimum atomic E-state index is -4.51. The van der Waals surface area contributed by atoms with Crippen molar-refractivity contribution in [2.45, 2.75) is 49.9 Å². The first-order chi connectivity index (χ1) is 17.8. The van der Waals surface area contributed by atoms with Crippen LogP contribution in [-0.2, 0) is 19.6 Å². The van der Waals surface area contributed by atoms with Crippen LogP contribution in [0.15, 0.2) is 71.6 Å². The summed E-state index contributed by atoms with van der Waals surface area (Å²) in [6.45, 7) is 6.32. The van der Waals surface area contributed by atoms with Gasteiger partial charge in [0.15, 0.2) is 11.5 Å². The van der Waals surface area contributed by atoms with E-state index in [9.17, 15) is 18.0 Å². The summed E-state index contributed by atoms with van der Waals surface area (Å²) in [5.74, 6) is -2.09. The molecular weight excluding hydrogens is 513 g/mol. The molecule has 2 aliphatic heterocycles. The fourth-order valence-electron chi connectivity index (χ4n) is 4.58. The SMILES string of the molecule is Cc1ccc(S(=O)(=O)N2c3ccccc3C(=O)[C@@](F)(C(=O)OC(C)(C)C)[C@H]2c2ccc3c(c2)OCO3)cc1. The summed E-state index contributed by atoms with van der Waals surface area (Å²) in [7, 11) is -4.51. The van der Waals surface area contributed by atoms with Gasteiger partial charge >= 0.3 is 5.97 Å². The molecular formula is C28H26FNO7S. The van der Waals surface area contributed by atoms with E-state index < -0.39 is 39.1 Å². The number of alkyl halides is 1. The maximum absolute atomic E-state index is 17.4. The molecule has 2 atom stereocenters. The second-order valence-corrected chi connectivity index (χ2v) is 12.0. The fourth-order valence-corrected chi connectivity index (χ4v) is 6.25. The Balaban J connectivity index is 1.82. The number of ketones is 1. The third-order valence-electron chi connectivity index (χ3n) is 6.31. The molecule has 3 aromatic rings. The van der Waals surface area contributed by atoms with Gasteiger partial charge in [0.2, 0.25) is 12.6 Å². The molecule has 8 nitrogen and oxygen atoms in total. The van der Waals surface area contributed by atoms with E-state index >= 15 is 4.39 Å². The molecule has 38 heavy (non-hydrogen) atoms. The molecule has 0 fully saturated rings. The van der Waals surface area contributed by atoms with Crippen molar-refractivity contribution < 1.29 is 36.6 Å². The van der Waals surface area contributed by atoms with Crippen LogP contribution in [0.5, 0.6) is 11.5 Å². The molecule has 10 heteroatoms. The molecule has 0 saturated heterocycles. The zero-order valence-electron chi connectivity index (χ0n) is 21.2. The van der Waals surface area contributed by atoms with Crippen molar-refractivity contribution in [1.29, 1.82) is 0 Å². The molecule has 3 aromatic carbocycles. The predicted molar refractivity (Wildman–Crippen MR) is 137 cm³/mol. The molecule has 0 aromatic heterocycles. The minimum Gasteiger partial charge on any atom is -0.457 e. The molecule has 0 amide bonds. The second kappa shape index (κ2) is 8.83. The van der Waals surface area contributed by atoms with E-state index in [4.69, 9.17) is 14.2 Å². The number of esters is 1. The number of carbonyl (C=O) groups excluding carboxylic acids is 2. The summed E-state index contributed by atoms with van der Waals surface area (Å²) >= 11 is 0. The number of hydrogen-bond acceptors (Lipinski definition) is 7. The van der Waals surface area contributed by atoms with Gasteiger partial charge in [-0.05, 0) is 69.7 Å². The number of carbonyl (C=O) groups is 2. The van der Waals surface area contributed by atoms with Crippen LogP contribution in [0.2, 0.25) is 0 Å². The van der Waals surface area contributed by atoms with Gasteiger partial charge in [-0.15, -0.1) is 0 Å². The summed E-state index contributed by atoms with van der Waals surface area (Å²) < 4.78 is 62.8. The van der Waals surface area contributed by atoms with Crippen LogP contribution in [0.25, 0.3) is 0 Å². The Hall–Kier alpha value is -3.92. The second-order valence-electron chi connectivity index (χ2n) is 10.2. The van der Waals surface area contributed by atoms with Crippen LogP contribution in [0.3, 0.4) is 0 Å². The Bertz CT molecular complexity index is 1550. The van der Waals surface area contributed by atoms with Crippen LogP contribution < -0.4 is 13.8 Å². The number of para-hydroxylation sites is 1. The number of nitrogens with zero attached hydrogens (tertiary/aromatic N) is 1. The van der Waals surface area contributed by atoms with E-state index in [1.54, 1.807) is 25.1 Å². The van der Waals surface area contributed by atoms with Gasteiger partial charge in [-0.25, -0.2) is 17.6 Å². The average molecular weight is 540 g/mol. The lowest BCUT2D eigenvalue weighted by molar-refractivity contribution is -0.167. The third kappa shape index (κ3) is 4.09. The highest BCUT2D eigenvalue weighted by Crippen LogP contribution is 2.51. The Labute approximate surface area is 220 Å². The van der Waals surface area contributed by atoms with Crippen molar-refractivity contribution in [3.05, 3.63) is 83.4 Å². The smallest absolute Gasteiger partial charge is 0.355 e. The number of Topliss-reactive ketones (excluding diaryl/α,β-unsaturated/α-hetero) is 1. The van der Waals surface area contributed by atoms with Gasteiger partial charge in [0.1, 0.15) is 11.6 Å². The standard InChI is InChI=1S/C28H26FNO7S/c1-17-9-12-19(13-10-17)38(33,34)30-21-8-6-5-7-20(21)25(31)28(29,26(32)37-27(2,3)4)24(30)18-11-14-22-23(15-18)36-16-35-22/h5-15,24H,16H2,1-4H3/t24-,28-/m1/s1. The Morgan fingerprint density at radius 1 is 1.03 bits per heavy atom. The number of rotatable bonds is 4. The van der Waals surface area contributed by atoms with E-state index in [1.165, 1.54) is 69.3 Å². The topological polar surface area (TPSA) is 99.2 Å². The zero-order chi connectivity index (χ0) is 27.5.